The molecule has 2 rings (SSSR count). The molecule has 1 aromatic heterocycles. The maximum Gasteiger partial charge on any atom is 0.330 e. The van der Waals surface area contributed by atoms with Gasteiger partial charge in [0, 0.05) is 6.20 Å². The fraction of sp³-hybridized carbons (Fsp3) is 0.571. The molecule has 1 N–H and O–H groups in total. The summed E-state index contributed by atoms with van der Waals surface area (Å²) in [4.78, 5) is 18.0. The van der Waals surface area contributed by atoms with Gasteiger partial charge < -0.3 is 5.11 Å². The van der Waals surface area contributed by atoms with Crippen LogP contribution in [0.1, 0.15) is 32.4 Å². The first-order chi connectivity index (χ1) is 8.55. The molecule has 0 aromatic carbocycles. The van der Waals surface area contributed by atoms with E-state index in [1.807, 2.05) is 17.0 Å². The average molecular weight is 248 g/mol. The normalized spacial score (nSPS) is 21.4. The third kappa shape index (κ3) is 2.25. The molecular weight excluding hydrogens is 228 g/mol. The molecule has 1 unspecified atom stereocenters. The minimum atomic E-state index is -1.01. The van der Waals surface area contributed by atoms with Crippen molar-refractivity contribution < 1.29 is 9.90 Å². The zero-order valence-corrected chi connectivity index (χ0v) is 11.0. The molecule has 1 aromatic rings. The van der Waals surface area contributed by atoms with Crippen molar-refractivity contribution in [2.45, 2.75) is 32.2 Å². The Morgan fingerprint density at radius 3 is 2.61 bits per heavy atom. The predicted molar refractivity (Wildman–Crippen MR) is 69.2 cm³/mol. The van der Waals surface area contributed by atoms with E-state index in [2.05, 4.69) is 11.9 Å². The van der Waals surface area contributed by atoms with Crippen molar-refractivity contribution in [3.8, 4) is 0 Å². The Bertz CT molecular complexity index is 413. The summed E-state index contributed by atoms with van der Waals surface area (Å²) in [7, 11) is 0. The summed E-state index contributed by atoms with van der Waals surface area (Å²) in [5, 5.41) is 9.62. The molecule has 4 nitrogen and oxygen atoms in total. The zero-order chi connectivity index (χ0) is 13.2. The van der Waals surface area contributed by atoms with Gasteiger partial charge in [0.1, 0.15) is 0 Å². The van der Waals surface area contributed by atoms with E-state index in [0.29, 0.717) is 11.6 Å². The first kappa shape index (κ1) is 13.0. The lowest BCUT2D eigenvalue weighted by Crippen LogP contribution is -2.53. The van der Waals surface area contributed by atoms with E-state index in [1.165, 1.54) is 0 Å². The third-order valence-electron chi connectivity index (χ3n) is 4.00. The number of hydrogen-bond acceptors (Lipinski definition) is 3. The molecule has 18 heavy (non-hydrogen) atoms. The Morgan fingerprint density at radius 2 is 2.11 bits per heavy atom. The number of pyridine rings is 1. The van der Waals surface area contributed by atoms with Gasteiger partial charge in [-0.1, -0.05) is 13.0 Å². The van der Waals surface area contributed by atoms with Crippen molar-refractivity contribution in [1.29, 1.82) is 0 Å². The van der Waals surface area contributed by atoms with E-state index in [4.69, 9.17) is 0 Å². The Labute approximate surface area is 108 Å². The lowest BCUT2D eigenvalue weighted by Gasteiger charge is -2.41. The van der Waals surface area contributed by atoms with E-state index in [0.717, 1.165) is 25.9 Å². The molecule has 4 heteroatoms. The highest BCUT2D eigenvalue weighted by Crippen LogP contribution is 2.31. The number of carboxylic acid groups (broad SMARTS) is 1. The lowest BCUT2D eigenvalue weighted by atomic mass is 9.89. The molecule has 0 amide bonds. The molecule has 0 radical (unpaired) electrons. The van der Waals surface area contributed by atoms with Crippen LogP contribution in [0.25, 0.3) is 0 Å². The average Bonchev–Trinajstić information content (AvgIpc) is 2.39. The second kappa shape index (κ2) is 5.06. The van der Waals surface area contributed by atoms with Gasteiger partial charge in [-0.25, -0.2) is 4.79 Å². The summed E-state index contributed by atoms with van der Waals surface area (Å²) in [6, 6.07) is 5.45. The number of piperidine rings is 1. The van der Waals surface area contributed by atoms with Crippen molar-refractivity contribution in [3.63, 3.8) is 0 Å². The Kier molecular flexibility index (Phi) is 3.66. The quantitative estimate of drug-likeness (QED) is 0.890. The molecule has 0 aliphatic carbocycles. The first-order valence-electron chi connectivity index (χ1n) is 6.45. The molecule has 1 aliphatic rings. The number of hydrogen-bond donors (Lipinski definition) is 1. The summed E-state index contributed by atoms with van der Waals surface area (Å²) in [6.07, 6.45) is 3.76. The molecule has 1 fully saturated rings. The van der Waals surface area contributed by atoms with Crippen molar-refractivity contribution in [2.75, 3.05) is 13.1 Å². The molecule has 0 bridgehead atoms. The van der Waals surface area contributed by atoms with Crippen LogP contribution in [-0.2, 0) is 10.3 Å². The van der Waals surface area contributed by atoms with E-state index in [1.54, 1.807) is 19.2 Å². The summed E-state index contributed by atoms with van der Waals surface area (Å²) in [5.41, 5.74) is -0.395. The Hall–Kier alpha value is -1.42. The predicted octanol–water partition coefficient (Wildman–Crippen LogP) is 2.11. The number of carboxylic acids is 1. The highest BCUT2D eigenvalue weighted by molar-refractivity contribution is 5.79. The zero-order valence-electron chi connectivity index (χ0n) is 11.0. The molecule has 0 spiro atoms. The van der Waals surface area contributed by atoms with Crippen LogP contribution in [0, 0.1) is 5.92 Å². The minimum Gasteiger partial charge on any atom is -0.480 e. The van der Waals surface area contributed by atoms with Gasteiger partial charge in [-0.05, 0) is 50.9 Å². The van der Waals surface area contributed by atoms with Gasteiger partial charge >= 0.3 is 5.97 Å². The van der Waals surface area contributed by atoms with Crippen molar-refractivity contribution >= 4 is 5.97 Å². The number of aromatic nitrogens is 1. The van der Waals surface area contributed by atoms with Crippen LogP contribution in [0.3, 0.4) is 0 Å². The first-order valence-corrected chi connectivity index (χ1v) is 6.45. The largest absolute Gasteiger partial charge is 0.480 e. The summed E-state index contributed by atoms with van der Waals surface area (Å²) < 4.78 is 0. The maximum atomic E-state index is 11.7. The lowest BCUT2D eigenvalue weighted by molar-refractivity contribution is -0.152. The van der Waals surface area contributed by atoms with Crippen LogP contribution in [-0.4, -0.2) is 34.0 Å². The minimum absolute atomic E-state index is 0.618. The van der Waals surface area contributed by atoms with Gasteiger partial charge in [0.2, 0.25) is 0 Å². The summed E-state index contributed by atoms with van der Waals surface area (Å²) >= 11 is 0. The molecule has 1 atom stereocenters. The van der Waals surface area contributed by atoms with Crippen molar-refractivity contribution in [2.24, 2.45) is 5.92 Å². The number of aliphatic carboxylic acids is 1. The van der Waals surface area contributed by atoms with E-state index >= 15 is 0 Å². The number of likely N-dealkylation sites (tertiary alicyclic amines) is 1. The maximum absolute atomic E-state index is 11.7. The molecule has 1 aliphatic heterocycles. The van der Waals surface area contributed by atoms with Gasteiger partial charge in [-0.2, -0.15) is 0 Å². The van der Waals surface area contributed by atoms with Crippen LogP contribution in [0.15, 0.2) is 24.4 Å². The number of carbonyl (C=O) groups is 1. The molecule has 0 saturated carbocycles. The molecule has 1 saturated heterocycles. The van der Waals surface area contributed by atoms with Gasteiger partial charge in [-0.3, -0.25) is 9.88 Å². The van der Waals surface area contributed by atoms with Gasteiger partial charge in [0.15, 0.2) is 5.54 Å². The molecular formula is C14H20N2O2. The van der Waals surface area contributed by atoms with Crippen LogP contribution in [0.2, 0.25) is 0 Å². The van der Waals surface area contributed by atoms with Crippen LogP contribution in [0.4, 0.5) is 0 Å². The second-order valence-corrected chi connectivity index (χ2v) is 5.26. The van der Waals surface area contributed by atoms with E-state index in [9.17, 15) is 9.90 Å². The van der Waals surface area contributed by atoms with Crippen molar-refractivity contribution in [3.05, 3.63) is 30.1 Å². The van der Waals surface area contributed by atoms with Gasteiger partial charge in [-0.15, -0.1) is 0 Å². The van der Waals surface area contributed by atoms with Crippen LogP contribution >= 0.6 is 0 Å². The molecule has 2 heterocycles. The second-order valence-electron chi connectivity index (χ2n) is 5.26. The number of rotatable bonds is 3. The smallest absolute Gasteiger partial charge is 0.330 e. The Morgan fingerprint density at radius 1 is 1.44 bits per heavy atom. The van der Waals surface area contributed by atoms with Crippen LogP contribution in [0.5, 0.6) is 0 Å². The molecule has 98 valence electrons. The fourth-order valence-corrected chi connectivity index (χ4v) is 2.51. The van der Waals surface area contributed by atoms with E-state index < -0.39 is 11.5 Å². The van der Waals surface area contributed by atoms with Gasteiger partial charge in [0.25, 0.3) is 0 Å². The third-order valence-corrected chi connectivity index (χ3v) is 4.00. The highest BCUT2D eigenvalue weighted by atomic mass is 16.4. The fourth-order valence-electron chi connectivity index (χ4n) is 2.51. The highest BCUT2D eigenvalue weighted by Gasteiger charge is 2.43. The standard InChI is InChI=1S/C14H20N2O2/c1-11-6-9-16(10-7-11)14(2,13(17)18)12-5-3-4-8-15-12/h3-5,8,11H,6-7,9-10H2,1-2H3,(H,17,18). The van der Waals surface area contributed by atoms with Crippen LogP contribution < -0.4 is 0 Å². The summed E-state index contributed by atoms with van der Waals surface area (Å²) in [5.74, 6) is -0.140. The van der Waals surface area contributed by atoms with E-state index in [-0.39, 0.29) is 0 Å². The monoisotopic (exact) mass is 248 g/mol. The van der Waals surface area contributed by atoms with Gasteiger partial charge in [0.05, 0.1) is 5.69 Å². The SMILES string of the molecule is CC1CCN(C(C)(C(=O)O)c2ccccn2)CC1. The summed E-state index contributed by atoms with van der Waals surface area (Å²) in [6.45, 7) is 5.62. The number of nitrogens with zero attached hydrogens (tertiary/aromatic N) is 2. The van der Waals surface area contributed by atoms with Crippen molar-refractivity contribution in [1.82, 2.24) is 9.88 Å². The Balaban J connectivity index is 2.30. The topological polar surface area (TPSA) is 53.4 Å².